The normalized spacial score (nSPS) is 27.5. The van der Waals surface area contributed by atoms with Gasteiger partial charge in [0.2, 0.25) is 0 Å². The fraction of sp³-hybridized carbons (Fsp3) is 0.900. The van der Waals surface area contributed by atoms with Crippen LogP contribution in [0.2, 0.25) is 0 Å². The highest BCUT2D eigenvalue weighted by atomic mass is 16.6. The topological polar surface area (TPSA) is 70.8 Å². The maximum Gasteiger partial charge on any atom is 0.338 e. The molecule has 5 nitrogen and oxygen atoms in total. The van der Waals surface area contributed by atoms with Gasteiger partial charge in [-0.2, -0.15) is 0 Å². The Bertz CT molecular complexity index is 216. The van der Waals surface area contributed by atoms with Crippen LogP contribution in [0, 0.1) is 0 Å². The van der Waals surface area contributed by atoms with Gasteiger partial charge in [-0.3, -0.25) is 0 Å². The molecule has 0 aromatic carbocycles. The van der Waals surface area contributed by atoms with Gasteiger partial charge in [-0.25, -0.2) is 4.79 Å². The van der Waals surface area contributed by atoms with Crippen molar-refractivity contribution in [1.82, 2.24) is 0 Å². The summed E-state index contributed by atoms with van der Waals surface area (Å²) in [5.74, 6) is -0.377. The smallest absolute Gasteiger partial charge is 0.338 e. The van der Waals surface area contributed by atoms with Gasteiger partial charge in [0.25, 0.3) is 0 Å². The van der Waals surface area contributed by atoms with Crippen LogP contribution in [0.4, 0.5) is 0 Å². The van der Waals surface area contributed by atoms with E-state index < -0.39 is 11.7 Å². The van der Waals surface area contributed by atoms with E-state index in [1.54, 1.807) is 0 Å². The van der Waals surface area contributed by atoms with Gasteiger partial charge in [-0.1, -0.05) is 0 Å². The molecule has 1 aliphatic rings. The molecule has 0 aromatic rings. The van der Waals surface area contributed by atoms with Gasteiger partial charge >= 0.3 is 5.97 Å². The SMILES string of the molecule is CC(C)(C)OC(=O)[C@@H]1CO[C@@H](CN)CO1. The molecular weight excluding hydrogens is 198 g/mol. The molecule has 1 saturated heterocycles. The van der Waals surface area contributed by atoms with Crippen molar-refractivity contribution in [3.8, 4) is 0 Å². The van der Waals surface area contributed by atoms with Gasteiger partial charge in [0.15, 0.2) is 6.10 Å². The lowest BCUT2D eigenvalue weighted by Crippen LogP contribution is -2.45. The standard InChI is InChI=1S/C10H19NO4/c1-10(2,3)15-9(12)8-6-13-7(4-11)5-14-8/h7-8H,4-6,11H2,1-3H3/t7-,8-/m0/s1. The van der Waals surface area contributed by atoms with E-state index in [-0.39, 0.29) is 18.7 Å². The molecule has 15 heavy (non-hydrogen) atoms. The molecule has 1 heterocycles. The maximum atomic E-state index is 11.6. The number of ether oxygens (including phenoxy) is 3. The number of hydrogen-bond acceptors (Lipinski definition) is 5. The average molecular weight is 217 g/mol. The Morgan fingerprint density at radius 2 is 2.07 bits per heavy atom. The molecule has 0 unspecified atom stereocenters. The van der Waals surface area contributed by atoms with Gasteiger partial charge < -0.3 is 19.9 Å². The molecule has 1 fully saturated rings. The highest BCUT2D eigenvalue weighted by Gasteiger charge is 2.30. The van der Waals surface area contributed by atoms with Crippen molar-refractivity contribution < 1.29 is 19.0 Å². The van der Waals surface area contributed by atoms with Crippen LogP contribution in [0.1, 0.15) is 20.8 Å². The van der Waals surface area contributed by atoms with Crippen LogP contribution in [-0.4, -0.2) is 43.5 Å². The number of hydrogen-bond donors (Lipinski definition) is 1. The monoisotopic (exact) mass is 217 g/mol. The first kappa shape index (κ1) is 12.4. The quantitative estimate of drug-likeness (QED) is 0.663. The molecule has 2 N–H and O–H groups in total. The van der Waals surface area contributed by atoms with E-state index in [0.29, 0.717) is 13.2 Å². The summed E-state index contributed by atoms with van der Waals surface area (Å²) in [6.07, 6.45) is -0.726. The maximum absolute atomic E-state index is 11.6. The zero-order chi connectivity index (χ0) is 11.5. The van der Waals surface area contributed by atoms with Crippen LogP contribution in [0.5, 0.6) is 0 Å². The van der Waals surface area contributed by atoms with E-state index in [9.17, 15) is 4.79 Å². The molecule has 5 heteroatoms. The van der Waals surface area contributed by atoms with E-state index in [4.69, 9.17) is 19.9 Å². The molecule has 0 saturated carbocycles. The van der Waals surface area contributed by atoms with Crippen LogP contribution in [0.15, 0.2) is 0 Å². The highest BCUT2D eigenvalue weighted by Crippen LogP contribution is 2.13. The minimum absolute atomic E-state index is 0.108. The lowest BCUT2D eigenvalue weighted by molar-refractivity contribution is -0.189. The fourth-order valence-corrected chi connectivity index (χ4v) is 1.18. The molecule has 0 radical (unpaired) electrons. The summed E-state index contributed by atoms with van der Waals surface area (Å²) >= 11 is 0. The predicted octanol–water partition coefficient (Wildman–Crippen LogP) is 0.0708. The van der Waals surface area contributed by atoms with Crippen molar-refractivity contribution in [1.29, 1.82) is 0 Å². The Hall–Kier alpha value is -0.650. The minimum Gasteiger partial charge on any atom is -0.458 e. The van der Waals surface area contributed by atoms with E-state index in [1.165, 1.54) is 0 Å². The number of rotatable bonds is 2. The molecule has 1 aliphatic heterocycles. The number of carbonyl (C=O) groups is 1. The van der Waals surface area contributed by atoms with Crippen LogP contribution in [0.25, 0.3) is 0 Å². The zero-order valence-electron chi connectivity index (χ0n) is 9.49. The second-order valence-electron chi connectivity index (χ2n) is 4.55. The molecule has 2 atom stereocenters. The van der Waals surface area contributed by atoms with Crippen LogP contribution in [0.3, 0.4) is 0 Å². The third kappa shape index (κ3) is 4.15. The van der Waals surface area contributed by atoms with E-state index in [0.717, 1.165) is 0 Å². The Kier molecular flexibility index (Phi) is 4.07. The first-order chi connectivity index (χ1) is 6.92. The number of carbonyl (C=O) groups excluding carboxylic acids is 1. The van der Waals surface area contributed by atoms with Gasteiger partial charge in [0.1, 0.15) is 5.60 Å². The lowest BCUT2D eigenvalue weighted by atomic mass is 10.2. The Morgan fingerprint density at radius 3 is 2.47 bits per heavy atom. The summed E-state index contributed by atoms with van der Waals surface area (Å²) in [5, 5.41) is 0. The minimum atomic E-state index is -0.618. The van der Waals surface area contributed by atoms with E-state index in [1.807, 2.05) is 20.8 Å². The van der Waals surface area contributed by atoms with E-state index in [2.05, 4.69) is 0 Å². The van der Waals surface area contributed by atoms with Gasteiger partial charge in [-0.15, -0.1) is 0 Å². The van der Waals surface area contributed by atoms with Gasteiger partial charge in [0, 0.05) is 6.54 Å². The van der Waals surface area contributed by atoms with Gasteiger partial charge in [0.05, 0.1) is 19.3 Å². The molecule has 0 spiro atoms. The van der Waals surface area contributed by atoms with E-state index >= 15 is 0 Å². The summed E-state index contributed by atoms with van der Waals surface area (Å²) < 4.78 is 15.8. The highest BCUT2D eigenvalue weighted by molar-refractivity contribution is 5.75. The molecule has 0 aromatic heterocycles. The number of esters is 1. The first-order valence-electron chi connectivity index (χ1n) is 5.08. The Balaban J connectivity index is 2.37. The molecular formula is C10H19NO4. The second-order valence-corrected chi connectivity index (χ2v) is 4.55. The van der Waals surface area contributed by atoms with Crippen molar-refractivity contribution in [3.05, 3.63) is 0 Å². The van der Waals surface area contributed by atoms with Crippen molar-refractivity contribution in [2.75, 3.05) is 19.8 Å². The van der Waals surface area contributed by atoms with Crippen LogP contribution >= 0.6 is 0 Å². The van der Waals surface area contributed by atoms with Crippen molar-refractivity contribution in [2.24, 2.45) is 5.73 Å². The van der Waals surface area contributed by atoms with Gasteiger partial charge in [-0.05, 0) is 20.8 Å². The van der Waals surface area contributed by atoms with Crippen LogP contribution < -0.4 is 5.73 Å². The second kappa shape index (κ2) is 4.92. The average Bonchev–Trinajstić information content (AvgIpc) is 2.15. The summed E-state index contributed by atoms with van der Waals surface area (Å²) in [4.78, 5) is 11.6. The van der Waals surface area contributed by atoms with Crippen molar-refractivity contribution >= 4 is 5.97 Å². The first-order valence-corrected chi connectivity index (χ1v) is 5.08. The van der Waals surface area contributed by atoms with Crippen molar-refractivity contribution in [3.63, 3.8) is 0 Å². The molecule has 88 valence electrons. The van der Waals surface area contributed by atoms with Crippen LogP contribution in [-0.2, 0) is 19.0 Å². The summed E-state index contributed by atoms with van der Waals surface area (Å²) in [6, 6.07) is 0. The lowest BCUT2D eigenvalue weighted by Gasteiger charge is -2.29. The number of nitrogens with two attached hydrogens (primary N) is 1. The molecule has 0 bridgehead atoms. The Labute approximate surface area is 89.9 Å². The summed E-state index contributed by atoms with van der Waals surface area (Å²) in [6.45, 7) is 6.42. The largest absolute Gasteiger partial charge is 0.458 e. The fourth-order valence-electron chi connectivity index (χ4n) is 1.18. The summed E-state index contributed by atoms with van der Waals surface area (Å²) in [7, 11) is 0. The zero-order valence-corrected chi connectivity index (χ0v) is 9.49. The molecule has 0 aliphatic carbocycles. The third-order valence-electron chi connectivity index (χ3n) is 1.90. The predicted molar refractivity (Wildman–Crippen MR) is 54.4 cm³/mol. The Morgan fingerprint density at radius 1 is 1.40 bits per heavy atom. The molecule has 1 rings (SSSR count). The van der Waals surface area contributed by atoms with Crippen molar-refractivity contribution in [2.45, 2.75) is 38.6 Å². The summed E-state index contributed by atoms with van der Waals surface area (Å²) in [5.41, 5.74) is 4.91. The molecule has 0 amide bonds. The third-order valence-corrected chi connectivity index (χ3v) is 1.90.